The third kappa shape index (κ3) is 3.65. The summed E-state index contributed by atoms with van der Waals surface area (Å²) in [5, 5.41) is 3.97. The lowest BCUT2D eigenvalue weighted by atomic mass is 10.1. The second-order valence-electron chi connectivity index (χ2n) is 5.23. The van der Waals surface area contributed by atoms with Gasteiger partial charge in [-0.3, -0.25) is 0 Å². The van der Waals surface area contributed by atoms with Gasteiger partial charge in [0, 0.05) is 6.61 Å². The summed E-state index contributed by atoms with van der Waals surface area (Å²) in [6.45, 7) is 6.80. The first-order valence-electron chi connectivity index (χ1n) is 6.76. The van der Waals surface area contributed by atoms with Crippen molar-refractivity contribution in [3.8, 4) is 0 Å². The van der Waals surface area contributed by atoms with Crippen LogP contribution in [0, 0.1) is 6.92 Å². The van der Waals surface area contributed by atoms with Crippen LogP contribution in [-0.4, -0.2) is 23.4 Å². The molecule has 0 aliphatic heterocycles. The van der Waals surface area contributed by atoms with Crippen LogP contribution >= 0.6 is 0 Å². The van der Waals surface area contributed by atoms with Crippen molar-refractivity contribution >= 4 is 0 Å². The van der Waals surface area contributed by atoms with Gasteiger partial charge >= 0.3 is 0 Å². The fourth-order valence-electron chi connectivity index (χ4n) is 1.93. The summed E-state index contributed by atoms with van der Waals surface area (Å²) >= 11 is 0. The van der Waals surface area contributed by atoms with Gasteiger partial charge in [0.15, 0.2) is 5.82 Å². The van der Waals surface area contributed by atoms with E-state index >= 15 is 0 Å². The van der Waals surface area contributed by atoms with Gasteiger partial charge in [0.2, 0.25) is 5.89 Å². The number of benzene rings is 1. The molecular weight excluding hydrogens is 254 g/mol. The SMILES string of the molecule is CCOCC(C)(N)c1noc(Cc2cccc(C)c2)n1. The first kappa shape index (κ1) is 14.7. The van der Waals surface area contributed by atoms with Crippen LogP contribution in [-0.2, 0) is 16.7 Å². The third-order valence-corrected chi connectivity index (χ3v) is 3.02. The topological polar surface area (TPSA) is 74.2 Å². The van der Waals surface area contributed by atoms with Crippen molar-refractivity contribution in [1.29, 1.82) is 0 Å². The molecule has 0 saturated heterocycles. The van der Waals surface area contributed by atoms with E-state index in [9.17, 15) is 0 Å². The maximum atomic E-state index is 6.14. The standard InChI is InChI=1S/C15H21N3O2/c1-4-19-10-15(3,16)14-17-13(20-18-14)9-12-7-5-6-11(2)8-12/h5-8H,4,9-10,16H2,1-3H3. The van der Waals surface area contributed by atoms with Gasteiger partial charge in [-0.1, -0.05) is 35.0 Å². The number of nitrogens with two attached hydrogens (primary N) is 1. The summed E-state index contributed by atoms with van der Waals surface area (Å²) in [6.07, 6.45) is 0.611. The first-order chi connectivity index (χ1) is 9.51. The fourth-order valence-corrected chi connectivity index (χ4v) is 1.93. The monoisotopic (exact) mass is 275 g/mol. The molecule has 0 fully saturated rings. The van der Waals surface area contributed by atoms with Gasteiger partial charge in [-0.15, -0.1) is 0 Å². The second-order valence-corrected chi connectivity index (χ2v) is 5.23. The average molecular weight is 275 g/mol. The Morgan fingerprint density at radius 1 is 1.40 bits per heavy atom. The van der Waals surface area contributed by atoms with Crippen LogP contribution in [0.3, 0.4) is 0 Å². The van der Waals surface area contributed by atoms with Crippen molar-refractivity contribution in [2.24, 2.45) is 5.73 Å². The molecule has 0 aliphatic carbocycles. The zero-order valence-electron chi connectivity index (χ0n) is 12.2. The molecule has 20 heavy (non-hydrogen) atoms. The summed E-state index contributed by atoms with van der Waals surface area (Å²) in [7, 11) is 0. The largest absolute Gasteiger partial charge is 0.379 e. The molecule has 0 bridgehead atoms. The van der Waals surface area contributed by atoms with Gasteiger partial charge in [-0.25, -0.2) is 0 Å². The third-order valence-electron chi connectivity index (χ3n) is 3.02. The van der Waals surface area contributed by atoms with Gasteiger partial charge in [0.05, 0.1) is 13.0 Å². The van der Waals surface area contributed by atoms with Crippen LogP contribution in [0.2, 0.25) is 0 Å². The zero-order chi connectivity index (χ0) is 14.6. The molecule has 0 radical (unpaired) electrons. The minimum atomic E-state index is -0.732. The number of rotatable bonds is 6. The van der Waals surface area contributed by atoms with Crippen molar-refractivity contribution < 1.29 is 9.26 Å². The predicted molar refractivity (Wildman–Crippen MR) is 76.3 cm³/mol. The summed E-state index contributed by atoms with van der Waals surface area (Å²) in [5.41, 5.74) is 7.77. The van der Waals surface area contributed by atoms with E-state index in [0.29, 0.717) is 31.3 Å². The molecule has 0 amide bonds. The summed E-state index contributed by atoms with van der Waals surface area (Å²) in [5.74, 6) is 1.05. The molecule has 1 aromatic heterocycles. The Morgan fingerprint density at radius 3 is 2.90 bits per heavy atom. The normalized spacial score (nSPS) is 14.2. The van der Waals surface area contributed by atoms with Crippen molar-refractivity contribution in [2.75, 3.05) is 13.2 Å². The maximum Gasteiger partial charge on any atom is 0.231 e. The smallest absolute Gasteiger partial charge is 0.231 e. The summed E-state index contributed by atoms with van der Waals surface area (Å²) in [4.78, 5) is 4.38. The summed E-state index contributed by atoms with van der Waals surface area (Å²) in [6, 6.07) is 8.22. The molecule has 5 heteroatoms. The van der Waals surface area contributed by atoms with E-state index in [2.05, 4.69) is 29.2 Å². The quantitative estimate of drug-likeness (QED) is 0.874. The number of nitrogens with zero attached hydrogens (tertiary/aromatic N) is 2. The Hall–Kier alpha value is -1.72. The molecule has 2 aromatic rings. The summed E-state index contributed by atoms with van der Waals surface area (Å²) < 4.78 is 10.6. The first-order valence-corrected chi connectivity index (χ1v) is 6.76. The van der Waals surface area contributed by atoms with E-state index in [1.54, 1.807) is 0 Å². The number of ether oxygens (including phenoxy) is 1. The lowest BCUT2D eigenvalue weighted by Crippen LogP contribution is -2.39. The van der Waals surface area contributed by atoms with E-state index in [4.69, 9.17) is 15.0 Å². The molecule has 1 heterocycles. The highest BCUT2D eigenvalue weighted by Gasteiger charge is 2.27. The lowest BCUT2D eigenvalue weighted by Gasteiger charge is -2.19. The van der Waals surface area contributed by atoms with Crippen molar-refractivity contribution in [2.45, 2.75) is 32.7 Å². The molecule has 0 saturated carbocycles. The number of hydrogen-bond donors (Lipinski definition) is 1. The van der Waals surface area contributed by atoms with E-state index in [0.717, 1.165) is 5.56 Å². The number of aryl methyl sites for hydroxylation is 1. The van der Waals surface area contributed by atoms with Gasteiger partial charge in [0.1, 0.15) is 5.54 Å². The van der Waals surface area contributed by atoms with Crippen molar-refractivity contribution in [3.63, 3.8) is 0 Å². The molecule has 5 nitrogen and oxygen atoms in total. The minimum Gasteiger partial charge on any atom is -0.379 e. The highest BCUT2D eigenvalue weighted by molar-refractivity contribution is 5.24. The molecule has 1 unspecified atom stereocenters. The molecule has 1 aromatic carbocycles. The molecule has 0 spiro atoms. The van der Waals surface area contributed by atoms with E-state index in [1.807, 2.05) is 26.0 Å². The molecule has 108 valence electrons. The number of hydrogen-bond acceptors (Lipinski definition) is 5. The van der Waals surface area contributed by atoms with Crippen LogP contribution < -0.4 is 5.73 Å². The minimum absolute atomic E-state index is 0.368. The second kappa shape index (κ2) is 6.15. The van der Waals surface area contributed by atoms with Crippen molar-refractivity contribution in [3.05, 3.63) is 47.1 Å². The fraction of sp³-hybridized carbons (Fsp3) is 0.467. The van der Waals surface area contributed by atoms with Crippen LogP contribution in [0.25, 0.3) is 0 Å². The van der Waals surface area contributed by atoms with Crippen LogP contribution in [0.4, 0.5) is 0 Å². The molecule has 2 rings (SSSR count). The lowest BCUT2D eigenvalue weighted by molar-refractivity contribution is 0.0962. The maximum absolute atomic E-state index is 6.14. The number of aromatic nitrogens is 2. The van der Waals surface area contributed by atoms with E-state index in [1.165, 1.54) is 5.56 Å². The van der Waals surface area contributed by atoms with Crippen LogP contribution in [0.1, 0.15) is 36.7 Å². The highest BCUT2D eigenvalue weighted by Crippen LogP contribution is 2.16. The van der Waals surface area contributed by atoms with Crippen LogP contribution in [0.15, 0.2) is 28.8 Å². The Kier molecular flexibility index (Phi) is 4.52. The zero-order valence-corrected chi connectivity index (χ0v) is 12.2. The Bertz CT molecular complexity index is 564. The van der Waals surface area contributed by atoms with Gasteiger partial charge in [-0.2, -0.15) is 4.98 Å². The van der Waals surface area contributed by atoms with Crippen LogP contribution in [0.5, 0.6) is 0 Å². The van der Waals surface area contributed by atoms with Gasteiger partial charge in [0.25, 0.3) is 0 Å². The van der Waals surface area contributed by atoms with Gasteiger partial charge in [-0.05, 0) is 26.3 Å². The Labute approximate surface area is 119 Å². The predicted octanol–water partition coefficient (Wildman–Crippen LogP) is 2.18. The van der Waals surface area contributed by atoms with E-state index < -0.39 is 5.54 Å². The molecule has 2 N–H and O–H groups in total. The van der Waals surface area contributed by atoms with Gasteiger partial charge < -0.3 is 15.0 Å². The molecule has 1 atom stereocenters. The Morgan fingerprint density at radius 2 is 2.20 bits per heavy atom. The average Bonchev–Trinajstić information content (AvgIpc) is 2.86. The molecule has 0 aliphatic rings. The highest BCUT2D eigenvalue weighted by atomic mass is 16.5. The van der Waals surface area contributed by atoms with Crippen molar-refractivity contribution in [1.82, 2.24) is 10.1 Å². The molecular formula is C15H21N3O2. The van der Waals surface area contributed by atoms with E-state index in [-0.39, 0.29) is 0 Å². The Balaban J connectivity index is 2.09.